The first-order valence-electron chi connectivity index (χ1n) is 7.80. The Morgan fingerprint density at radius 3 is 2.65 bits per heavy atom. The van der Waals surface area contributed by atoms with Crippen LogP contribution in [0.25, 0.3) is 22.1 Å². The maximum Gasteiger partial charge on any atom is 0.258 e. The van der Waals surface area contributed by atoms with Crippen molar-refractivity contribution in [3.8, 4) is 5.75 Å². The van der Waals surface area contributed by atoms with Crippen LogP contribution in [0.4, 0.5) is 5.95 Å². The number of nitrogens with zero attached hydrogens (tertiary/aromatic N) is 4. The standard InChI is InChI=1S/C18H14ClN5O2/c1-24-14-8-7-12(26-2)9-13(14)15-16(24)20-18(23-22-15)21-17(25)10-3-5-11(19)6-4-10/h3-9H,1-2H3,(H,20,21,23,25). The number of hydrogen-bond donors (Lipinski definition) is 1. The van der Waals surface area contributed by atoms with Crippen molar-refractivity contribution in [3.63, 3.8) is 0 Å². The van der Waals surface area contributed by atoms with Gasteiger partial charge >= 0.3 is 0 Å². The second-order valence-electron chi connectivity index (χ2n) is 5.71. The van der Waals surface area contributed by atoms with E-state index < -0.39 is 0 Å². The number of amides is 1. The van der Waals surface area contributed by atoms with Crippen molar-refractivity contribution in [3.05, 3.63) is 53.1 Å². The van der Waals surface area contributed by atoms with E-state index in [0.29, 0.717) is 21.7 Å². The van der Waals surface area contributed by atoms with Crippen LogP contribution in [0.1, 0.15) is 10.4 Å². The molecule has 0 radical (unpaired) electrons. The number of ether oxygens (including phenoxy) is 1. The summed E-state index contributed by atoms with van der Waals surface area (Å²) in [5.41, 5.74) is 2.67. The molecule has 0 unspecified atom stereocenters. The zero-order valence-corrected chi connectivity index (χ0v) is 14.8. The summed E-state index contributed by atoms with van der Waals surface area (Å²) in [6.45, 7) is 0. The summed E-state index contributed by atoms with van der Waals surface area (Å²) in [6, 6.07) is 12.3. The number of carbonyl (C=O) groups is 1. The quantitative estimate of drug-likeness (QED) is 0.600. The van der Waals surface area contributed by atoms with Gasteiger partial charge in [-0.05, 0) is 42.5 Å². The van der Waals surface area contributed by atoms with E-state index in [0.717, 1.165) is 16.7 Å². The van der Waals surface area contributed by atoms with Crippen molar-refractivity contribution < 1.29 is 9.53 Å². The Hall–Kier alpha value is -3.19. The summed E-state index contributed by atoms with van der Waals surface area (Å²) >= 11 is 5.84. The molecule has 1 N–H and O–H groups in total. The SMILES string of the molecule is COc1ccc2c(c1)c1nnc(NC(=O)c3ccc(Cl)cc3)nc1n2C. The molecule has 130 valence electrons. The summed E-state index contributed by atoms with van der Waals surface area (Å²) < 4.78 is 7.17. The molecular formula is C18H14ClN5O2. The van der Waals surface area contributed by atoms with Gasteiger partial charge in [0.25, 0.3) is 11.9 Å². The molecule has 0 fully saturated rings. The molecule has 26 heavy (non-hydrogen) atoms. The highest BCUT2D eigenvalue weighted by Gasteiger charge is 2.15. The maximum atomic E-state index is 12.3. The summed E-state index contributed by atoms with van der Waals surface area (Å²) in [7, 11) is 3.50. The van der Waals surface area contributed by atoms with Crippen LogP contribution >= 0.6 is 11.6 Å². The fraction of sp³-hybridized carbons (Fsp3) is 0.111. The van der Waals surface area contributed by atoms with E-state index in [9.17, 15) is 4.79 Å². The number of aromatic nitrogens is 4. The molecule has 0 atom stereocenters. The smallest absolute Gasteiger partial charge is 0.258 e. The van der Waals surface area contributed by atoms with Crippen LogP contribution in [0.15, 0.2) is 42.5 Å². The normalized spacial score (nSPS) is 11.0. The first-order chi connectivity index (χ1) is 12.6. The molecule has 0 aliphatic rings. The number of carbonyl (C=O) groups excluding carboxylic acids is 1. The van der Waals surface area contributed by atoms with E-state index in [1.165, 1.54) is 0 Å². The molecule has 2 aromatic heterocycles. The third-order valence-electron chi connectivity index (χ3n) is 4.14. The minimum absolute atomic E-state index is 0.135. The van der Waals surface area contributed by atoms with Gasteiger partial charge in [-0.2, -0.15) is 4.98 Å². The first-order valence-corrected chi connectivity index (χ1v) is 8.18. The van der Waals surface area contributed by atoms with Gasteiger partial charge in [0, 0.05) is 23.0 Å². The Morgan fingerprint density at radius 2 is 1.92 bits per heavy atom. The number of aryl methyl sites for hydroxylation is 1. The molecule has 8 heteroatoms. The Kier molecular flexibility index (Phi) is 3.93. The second-order valence-corrected chi connectivity index (χ2v) is 6.15. The fourth-order valence-electron chi connectivity index (χ4n) is 2.79. The highest BCUT2D eigenvalue weighted by molar-refractivity contribution is 6.30. The Morgan fingerprint density at radius 1 is 1.15 bits per heavy atom. The van der Waals surface area contributed by atoms with Crippen LogP contribution in [0.3, 0.4) is 0 Å². The monoisotopic (exact) mass is 367 g/mol. The number of nitrogens with one attached hydrogen (secondary N) is 1. The molecule has 0 saturated carbocycles. The number of halogens is 1. The van der Waals surface area contributed by atoms with Gasteiger partial charge in [0.2, 0.25) is 0 Å². The van der Waals surface area contributed by atoms with Crippen molar-refractivity contribution in [2.75, 3.05) is 12.4 Å². The van der Waals surface area contributed by atoms with E-state index in [4.69, 9.17) is 16.3 Å². The lowest BCUT2D eigenvalue weighted by molar-refractivity contribution is 0.102. The number of hydrogen-bond acceptors (Lipinski definition) is 5. The van der Waals surface area contributed by atoms with Gasteiger partial charge < -0.3 is 9.30 Å². The Balaban J connectivity index is 1.73. The van der Waals surface area contributed by atoms with Gasteiger partial charge in [-0.25, -0.2) is 0 Å². The van der Waals surface area contributed by atoms with Crippen molar-refractivity contribution >= 4 is 45.5 Å². The predicted octanol–water partition coefficient (Wildman–Crippen LogP) is 3.43. The van der Waals surface area contributed by atoms with Crippen LogP contribution in [-0.4, -0.2) is 32.8 Å². The molecule has 2 aromatic carbocycles. The van der Waals surface area contributed by atoms with Gasteiger partial charge in [0.15, 0.2) is 5.65 Å². The van der Waals surface area contributed by atoms with Crippen molar-refractivity contribution in [2.45, 2.75) is 0 Å². The van der Waals surface area contributed by atoms with Gasteiger partial charge in [-0.1, -0.05) is 11.6 Å². The van der Waals surface area contributed by atoms with Gasteiger partial charge in [-0.3, -0.25) is 10.1 Å². The zero-order valence-electron chi connectivity index (χ0n) is 14.0. The average molecular weight is 368 g/mol. The van der Waals surface area contributed by atoms with E-state index in [-0.39, 0.29) is 11.9 Å². The fourth-order valence-corrected chi connectivity index (χ4v) is 2.92. The van der Waals surface area contributed by atoms with E-state index in [2.05, 4.69) is 20.5 Å². The molecule has 0 saturated heterocycles. The Bertz CT molecular complexity index is 1140. The number of methoxy groups -OCH3 is 1. The minimum atomic E-state index is -0.330. The number of benzene rings is 2. The number of fused-ring (bicyclic) bond motifs is 3. The summed E-state index contributed by atoms with van der Waals surface area (Å²) in [5, 5.41) is 12.4. The molecule has 2 heterocycles. The second kappa shape index (κ2) is 6.27. The van der Waals surface area contributed by atoms with E-state index in [1.807, 2.05) is 29.8 Å². The summed E-state index contributed by atoms with van der Waals surface area (Å²) in [4.78, 5) is 16.8. The number of anilines is 1. The van der Waals surface area contributed by atoms with E-state index >= 15 is 0 Å². The predicted molar refractivity (Wildman–Crippen MR) is 99.8 cm³/mol. The molecular weight excluding hydrogens is 354 g/mol. The van der Waals surface area contributed by atoms with Crippen molar-refractivity contribution in [1.29, 1.82) is 0 Å². The van der Waals surface area contributed by atoms with Gasteiger partial charge in [0.05, 0.1) is 12.6 Å². The Labute approximate surface area is 153 Å². The highest BCUT2D eigenvalue weighted by Crippen LogP contribution is 2.28. The molecule has 0 bridgehead atoms. The molecule has 7 nitrogen and oxygen atoms in total. The molecule has 0 aliphatic heterocycles. The van der Waals surface area contributed by atoms with Gasteiger partial charge in [0.1, 0.15) is 11.3 Å². The average Bonchev–Trinajstić information content (AvgIpc) is 2.93. The van der Waals surface area contributed by atoms with E-state index in [1.54, 1.807) is 31.4 Å². The first kappa shape index (κ1) is 16.3. The largest absolute Gasteiger partial charge is 0.497 e. The van der Waals surface area contributed by atoms with Crippen molar-refractivity contribution in [2.24, 2.45) is 7.05 Å². The lowest BCUT2D eigenvalue weighted by Crippen LogP contribution is -2.14. The van der Waals surface area contributed by atoms with Crippen LogP contribution in [0, 0.1) is 0 Å². The third-order valence-corrected chi connectivity index (χ3v) is 4.39. The van der Waals surface area contributed by atoms with Crippen molar-refractivity contribution in [1.82, 2.24) is 19.7 Å². The summed E-state index contributed by atoms with van der Waals surface area (Å²) in [5.74, 6) is 0.533. The van der Waals surface area contributed by atoms with Crippen LogP contribution < -0.4 is 10.1 Å². The lowest BCUT2D eigenvalue weighted by atomic mass is 10.2. The molecule has 4 rings (SSSR count). The molecule has 0 aliphatic carbocycles. The molecule has 4 aromatic rings. The molecule has 0 spiro atoms. The topological polar surface area (TPSA) is 81.9 Å². The molecule has 1 amide bonds. The third kappa shape index (κ3) is 2.72. The maximum absolute atomic E-state index is 12.3. The van der Waals surface area contributed by atoms with Crippen LogP contribution in [0.2, 0.25) is 5.02 Å². The highest BCUT2D eigenvalue weighted by atomic mass is 35.5. The minimum Gasteiger partial charge on any atom is -0.497 e. The summed E-state index contributed by atoms with van der Waals surface area (Å²) in [6.07, 6.45) is 0. The van der Waals surface area contributed by atoms with Crippen LogP contribution in [0.5, 0.6) is 5.75 Å². The zero-order chi connectivity index (χ0) is 18.3. The van der Waals surface area contributed by atoms with Crippen LogP contribution in [-0.2, 0) is 7.05 Å². The van der Waals surface area contributed by atoms with Gasteiger partial charge in [-0.15, -0.1) is 10.2 Å². The lowest BCUT2D eigenvalue weighted by Gasteiger charge is -2.03. The number of rotatable bonds is 3.